The fourth-order valence-electron chi connectivity index (χ4n) is 3.49. The number of nitrogens with zero attached hydrogens (tertiary/aromatic N) is 2. The molecule has 2 heterocycles. The summed E-state index contributed by atoms with van der Waals surface area (Å²) in [6.45, 7) is -0.0945. The molecule has 0 aliphatic carbocycles. The Morgan fingerprint density at radius 1 is 1.03 bits per heavy atom. The van der Waals surface area contributed by atoms with Crippen molar-refractivity contribution in [1.29, 1.82) is 0 Å². The number of thiophene rings is 1. The van der Waals surface area contributed by atoms with Gasteiger partial charge in [0, 0.05) is 23.6 Å². The molecule has 4 rings (SSSR count). The molecule has 0 aliphatic rings. The second kappa shape index (κ2) is 8.97. The summed E-state index contributed by atoms with van der Waals surface area (Å²) in [7, 11) is -3.99. The van der Waals surface area contributed by atoms with Crippen molar-refractivity contribution in [2.24, 2.45) is 0 Å². The van der Waals surface area contributed by atoms with E-state index in [1.54, 1.807) is 72.3 Å². The van der Waals surface area contributed by atoms with E-state index in [4.69, 9.17) is 0 Å². The zero-order chi connectivity index (χ0) is 21.8. The molecule has 0 spiro atoms. The summed E-state index contributed by atoms with van der Waals surface area (Å²) in [4.78, 5) is 16.3. The summed E-state index contributed by atoms with van der Waals surface area (Å²) in [5.41, 5.74) is 1.62. The molecule has 31 heavy (non-hydrogen) atoms. The van der Waals surface area contributed by atoms with E-state index in [0.717, 1.165) is 14.4 Å². The van der Waals surface area contributed by atoms with Gasteiger partial charge in [0.15, 0.2) is 0 Å². The first-order valence-corrected chi connectivity index (χ1v) is 12.1. The SMILES string of the molecule is O=C(O)C(c1ccccc1)N(Cc1cccnc1)S(=O)(=O)Cc1ccc2sccc2c1. The van der Waals surface area contributed by atoms with Gasteiger partial charge >= 0.3 is 5.97 Å². The molecule has 1 unspecified atom stereocenters. The predicted octanol–water partition coefficient (Wildman–Crippen LogP) is 4.45. The molecule has 1 N–H and O–H groups in total. The Morgan fingerprint density at radius 2 is 1.84 bits per heavy atom. The average Bonchev–Trinajstić information content (AvgIpc) is 3.22. The lowest BCUT2D eigenvalue weighted by Gasteiger charge is -2.28. The largest absolute Gasteiger partial charge is 0.480 e. The van der Waals surface area contributed by atoms with Crippen molar-refractivity contribution in [3.63, 3.8) is 0 Å². The Labute approximate surface area is 184 Å². The van der Waals surface area contributed by atoms with Gasteiger partial charge in [0.2, 0.25) is 10.0 Å². The minimum atomic E-state index is -3.99. The van der Waals surface area contributed by atoms with Gasteiger partial charge in [-0.25, -0.2) is 8.42 Å². The van der Waals surface area contributed by atoms with Gasteiger partial charge in [-0.2, -0.15) is 4.31 Å². The Bertz CT molecular complexity index is 1290. The summed E-state index contributed by atoms with van der Waals surface area (Å²) >= 11 is 1.58. The van der Waals surface area contributed by atoms with Gasteiger partial charge in [0.25, 0.3) is 0 Å². The standard InChI is InChI=1S/C23H20N2O4S2/c26-23(27)22(19-6-2-1-3-7-19)25(15-18-5-4-11-24-14-18)31(28,29)16-17-8-9-21-20(13-17)10-12-30-21/h1-14,22H,15-16H2,(H,26,27). The average molecular weight is 453 g/mol. The number of hydrogen-bond donors (Lipinski definition) is 1. The first-order valence-electron chi connectivity index (χ1n) is 9.56. The molecule has 0 saturated carbocycles. The van der Waals surface area contributed by atoms with Crippen LogP contribution in [0, 0.1) is 0 Å². The molecule has 1 atom stereocenters. The Morgan fingerprint density at radius 3 is 2.55 bits per heavy atom. The van der Waals surface area contributed by atoms with E-state index in [1.165, 1.54) is 0 Å². The van der Waals surface area contributed by atoms with Crippen molar-refractivity contribution in [3.05, 3.63) is 101 Å². The van der Waals surface area contributed by atoms with Crippen LogP contribution in [0.2, 0.25) is 0 Å². The van der Waals surface area contributed by atoms with E-state index in [9.17, 15) is 18.3 Å². The van der Waals surface area contributed by atoms with E-state index in [2.05, 4.69) is 4.98 Å². The molecule has 2 aromatic carbocycles. The second-order valence-electron chi connectivity index (χ2n) is 7.11. The number of benzene rings is 2. The van der Waals surface area contributed by atoms with Crippen molar-refractivity contribution < 1.29 is 18.3 Å². The van der Waals surface area contributed by atoms with Gasteiger partial charge in [-0.15, -0.1) is 11.3 Å². The minimum absolute atomic E-state index is 0.0945. The molecule has 8 heteroatoms. The van der Waals surface area contributed by atoms with Gasteiger partial charge in [0.1, 0.15) is 6.04 Å². The van der Waals surface area contributed by atoms with Crippen molar-refractivity contribution >= 4 is 37.4 Å². The van der Waals surface area contributed by atoms with Crippen molar-refractivity contribution in [2.45, 2.75) is 18.3 Å². The molecule has 0 radical (unpaired) electrons. The summed E-state index contributed by atoms with van der Waals surface area (Å²) in [6.07, 6.45) is 3.13. The lowest BCUT2D eigenvalue weighted by molar-refractivity contribution is -0.141. The summed E-state index contributed by atoms with van der Waals surface area (Å²) in [6, 6.07) is 17.9. The van der Waals surface area contributed by atoms with Crippen LogP contribution in [0.1, 0.15) is 22.7 Å². The number of rotatable bonds is 8. The fourth-order valence-corrected chi connectivity index (χ4v) is 5.91. The number of aliphatic carboxylic acids is 1. The quantitative estimate of drug-likeness (QED) is 0.427. The van der Waals surface area contributed by atoms with Crippen LogP contribution in [0.15, 0.2) is 84.5 Å². The van der Waals surface area contributed by atoms with E-state index < -0.39 is 22.0 Å². The second-order valence-corrected chi connectivity index (χ2v) is 9.98. The summed E-state index contributed by atoms with van der Waals surface area (Å²) in [5, 5.41) is 12.9. The van der Waals surface area contributed by atoms with Gasteiger partial charge in [-0.3, -0.25) is 9.78 Å². The molecule has 4 aromatic rings. The third-order valence-electron chi connectivity index (χ3n) is 4.92. The number of aromatic nitrogens is 1. The maximum Gasteiger partial charge on any atom is 0.326 e. The maximum absolute atomic E-state index is 13.5. The van der Waals surface area contributed by atoms with Crippen LogP contribution in [-0.2, 0) is 27.1 Å². The van der Waals surface area contributed by atoms with Gasteiger partial charge in [0.05, 0.1) is 5.75 Å². The number of carbonyl (C=O) groups is 1. The molecule has 0 amide bonds. The van der Waals surface area contributed by atoms with Crippen LogP contribution in [0.4, 0.5) is 0 Å². The van der Waals surface area contributed by atoms with Crippen LogP contribution in [0.5, 0.6) is 0 Å². The zero-order valence-corrected chi connectivity index (χ0v) is 18.1. The molecule has 0 aliphatic heterocycles. The van der Waals surface area contributed by atoms with Gasteiger partial charge < -0.3 is 5.11 Å². The Kier molecular flexibility index (Phi) is 6.13. The first-order chi connectivity index (χ1) is 14.9. The highest BCUT2D eigenvalue weighted by Crippen LogP contribution is 2.29. The minimum Gasteiger partial charge on any atom is -0.480 e. The van der Waals surface area contributed by atoms with Crippen molar-refractivity contribution in [3.8, 4) is 0 Å². The Balaban J connectivity index is 1.75. The highest BCUT2D eigenvalue weighted by molar-refractivity contribution is 7.88. The van der Waals surface area contributed by atoms with E-state index in [0.29, 0.717) is 16.7 Å². The van der Waals surface area contributed by atoms with Gasteiger partial charge in [-0.05, 0) is 51.7 Å². The van der Waals surface area contributed by atoms with E-state index in [-0.39, 0.29) is 12.3 Å². The van der Waals surface area contributed by atoms with Crippen molar-refractivity contribution in [1.82, 2.24) is 9.29 Å². The predicted molar refractivity (Wildman–Crippen MR) is 121 cm³/mol. The topological polar surface area (TPSA) is 87.6 Å². The molecule has 0 bridgehead atoms. The van der Waals surface area contributed by atoms with Crippen LogP contribution in [0.3, 0.4) is 0 Å². The number of carboxylic acids is 1. The smallest absolute Gasteiger partial charge is 0.326 e. The van der Waals surface area contributed by atoms with Crippen LogP contribution >= 0.6 is 11.3 Å². The molecular formula is C23H20N2O4S2. The number of fused-ring (bicyclic) bond motifs is 1. The molecule has 0 saturated heterocycles. The molecule has 6 nitrogen and oxygen atoms in total. The first kappa shape index (κ1) is 21.2. The zero-order valence-electron chi connectivity index (χ0n) is 16.5. The maximum atomic E-state index is 13.5. The monoisotopic (exact) mass is 452 g/mol. The third-order valence-corrected chi connectivity index (χ3v) is 7.57. The Hall–Kier alpha value is -3.07. The molecule has 0 fully saturated rings. The normalized spacial score (nSPS) is 12.8. The van der Waals surface area contributed by atoms with Crippen LogP contribution in [0.25, 0.3) is 10.1 Å². The summed E-state index contributed by atoms with van der Waals surface area (Å²) < 4.78 is 29.2. The number of sulfonamides is 1. The van der Waals surface area contributed by atoms with E-state index >= 15 is 0 Å². The highest BCUT2D eigenvalue weighted by Gasteiger charge is 2.36. The highest BCUT2D eigenvalue weighted by atomic mass is 32.2. The van der Waals surface area contributed by atoms with Crippen LogP contribution < -0.4 is 0 Å². The molecule has 158 valence electrons. The van der Waals surface area contributed by atoms with E-state index in [1.807, 2.05) is 23.6 Å². The lowest BCUT2D eigenvalue weighted by Crippen LogP contribution is -2.39. The van der Waals surface area contributed by atoms with Crippen molar-refractivity contribution in [2.75, 3.05) is 0 Å². The summed E-state index contributed by atoms with van der Waals surface area (Å²) in [5.74, 6) is -1.53. The molecule has 2 aromatic heterocycles. The number of carboxylic acid groups (broad SMARTS) is 1. The fraction of sp³-hybridized carbons (Fsp3) is 0.130. The molecular weight excluding hydrogens is 432 g/mol. The number of hydrogen-bond acceptors (Lipinski definition) is 5. The van der Waals surface area contributed by atoms with Gasteiger partial charge in [-0.1, -0.05) is 42.5 Å². The van der Waals surface area contributed by atoms with Crippen LogP contribution in [-0.4, -0.2) is 28.8 Å². The third kappa shape index (κ3) is 4.82. The number of pyridine rings is 1. The lowest BCUT2D eigenvalue weighted by atomic mass is 10.1.